The van der Waals surface area contributed by atoms with Crippen molar-refractivity contribution >= 4 is 40.7 Å². The average Bonchev–Trinajstić information content (AvgIpc) is 3.85. The molecule has 0 aromatic heterocycles. The van der Waals surface area contributed by atoms with Crippen molar-refractivity contribution in [1.29, 1.82) is 0 Å². The number of non-ortho nitro benzene ring substituents is 2. The van der Waals surface area contributed by atoms with Gasteiger partial charge in [-0.15, -0.1) is 0 Å². The summed E-state index contributed by atoms with van der Waals surface area (Å²) in [5.41, 5.74) is -0.650. The van der Waals surface area contributed by atoms with E-state index in [9.17, 15) is 42.0 Å². The lowest BCUT2D eigenvalue weighted by Crippen LogP contribution is -2.37. The summed E-state index contributed by atoms with van der Waals surface area (Å²) in [6, 6.07) is 9.06. The molecule has 0 saturated carbocycles. The third-order valence-electron chi connectivity index (χ3n) is 5.36. The number of epoxide rings is 2. The number of hydrogen-bond donors (Lipinski definition) is 3. The van der Waals surface area contributed by atoms with Crippen LogP contribution in [0.3, 0.4) is 0 Å². The number of nitro benzene ring substituents is 2. The van der Waals surface area contributed by atoms with Gasteiger partial charge in [0, 0.05) is 34.9 Å². The van der Waals surface area contributed by atoms with Crippen LogP contribution in [0, 0.1) is 20.2 Å². The minimum absolute atomic E-state index is 0.275. The van der Waals surface area contributed by atoms with Crippen molar-refractivity contribution in [3.63, 3.8) is 0 Å². The second kappa shape index (κ2) is 15.6. The van der Waals surface area contributed by atoms with Gasteiger partial charge in [-0.25, -0.2) is 12.6 Å². The molecule has 3 N–H and O–H groups in total. The molecule has 41 heavy (non-hydrogen) atoms. The Morgan fingerprint density at radius 1 is 0.951 bits per heavy atom. The Morgan fingerprint density at radius 3 is 1.73 bits per heavy atom. The highest BCUT2D eigenvalue weighted by Crippen LogP contribution is 2.34. The molecule has 2 aliphatic rings. The number of nitrogens with zero attached hydrogens (tertiary/aromatic N) is 3. The summed E-state index contributed by atoms with van der Waals surface area (Å²) in [5.74, 6) is -0.460. The van der Waals surface area contributed by atoms with E-state index in [1.165, 1.54) is 56.0 Å². The fraction of sp³-hybridized carbons (Fsp3) is 0.478. The van der Waals surface area contributed by atoms with Gasteiger partial charge in [0.1, 0.15) is 16.2 Å². The van der Waals surface area contributed by atoms with Crippen LogP contribution in [0.4, 0.5) is 11.4 Å². The molecule has 0 unspecified atom stereocenters. The Labute approximate surface area is 241 Å². The highest BCUT2D eigenvalue weighted by atomic mass is 35.7. The molecule has 2 aliphatic heterocycles. The number of halogens is 1. The number of hydrogen-bond acceptors (Lipinski definition) is 11. The Balaban J connectivity index is 0.000000307. The minimum Gasteiger partial charge on any atom is -0.372 e. The van der Waals surface area contributed by atoms with Crippen molar-refractivity contribution in [3.05, 3.63) is 68.8 Å². The molecule has 2 aromatic carbocycles. The quantitative estimate of drug-likeness (QED) is 0.154. The van der Waals surface area contributed by atoms with Crippen LogP contribution < -0.4 is 0 Å². The molecule has 2 heterocycles. The zero-order valence-electron chi connectivity index (χ0n) is 22.6. The van der Waals surface area contributed by atoms with Gasteiger partial charge in [-0.2, -0.15) is 0 Å². The van der Waals surface area contributed by atoms with Gasteiger partial charge in [0.25, 0.3) is 20.4 Å². The lowest BCUT2D eigenvalue weighted by molar-refractivity contribution is -0.385. The second-order valence-corrected chi connectivity index (χ2v) is 13.9. The first kappa shape index (κ1) is 36.4. The van der Waals surface area contributed by atoms with Crippen LogP contribution in [0.5, 0.6) is 0 Å². The predicted octanol–water partition coefficient (Wildman–Crippen LogP) is 3.32. The summed E-state index contributed by atoms with van der Waals surface area (Å²) in [4.78, 5) is 21.2. The van der Waals surface area contributed by atoms with E-state index in [-0.39, 0.29) is 21.2 Å². The molecule has 15 nitrogen and oxygen atoms in total. The maximum absolute atomic E-state index is 12.0. The molecule has 2 fully saturated rings. The first-order valence-corrected chi connectivity index (χ1v) is 16.5. The van der Waals surface area contributed by atoms with Crippen molar-refractivity contribution in [3.8, 4) is 0 Å². The summed E-state index contributed by atoms with van der Waals surface area (Å²) in [6.45, 7) is 11.0. The van der Waals surface area contributed by atoms with Crippen molar-refractivity contribution in [1.82, 2.24) is 4.90 Å². The normalized spacial score (nSPS) is 18.1. The molecule has 2 saturated heterocycles. The molecule has 232 valence electrons. The molecule has 0 bridgehead atoms. The Hall–Kier alpha value is -2.61. The summed E-state index contributed by atoms with van der Waals surface area (Å²) in [5, 5.41) is 28.7. The van der Waals surface area contributed by atoms with E-state index in [0.717, 1.165) is 12.1 Å². The van der Waals surface area contributed by atoms with E-state index in [2.05, 4.69) is 30.4 Å². The molecule has 2 atom stereocenters. The van der Waals surface area contributed by atoms with Crippen LogP contribution in [-0.2, 0) is 28.2 Å². The van der Waals surface area contributed by atoms with Gasteiger partial charge in [0.15, 0.2) is 6.29 Å². The number of nitro groups is 2. The number of rotatable bonds is 9. The third kappa shape index (κ3) is 14.2. The van der Waals surface area contributed by atoms with Crippen LogP contribution in [0.1, 0.15) is 20.8 Å². The van der Waals surface area contributed by atoms with E-state index in [4.69, 9.17) is 20.5 Å². The molecule has 18 heteroatoms. The van der Waals surface area contributed by atoms with Crippen LogP contribution >= 0.6 is 10.7 Å². The lowest BCUT2D eigenvalue weighted by Gasteiger charge is -2.29. The maximum Gasteiger partial charge on any atom is 0.270 e. The Kier molecular flexibility index (Phi) is 13.8. The maximum atomic E-state index is 12.0. The first-order valence-electron chi connectivity index (χ1n) is 12.1. The van der Waals surface area contributed by atoms with Gasteiger partial charge >= 0.3 is 0 Å². The number of aliphatic hydroxyl groups excluding tert-OH is 1. The zero-order chi connectivity index (χ0) is 31.5. The third-order valence-corrected chi connectivity index (χ3v) is 8.88. The fourth-order valence-corrected chi connectivity index (χ4v) is 5.47. The van der Waals surface area contributed by atoms with E-state index in [1.807, 2.05) is 0 Å². The molecule has 4 rings (SSSR count). The predicted molar refractivity (Wildman–Crippen MR) is 151 cm³/mol. The smallest absolute Gasteiger partial charge is 0.270 e. The van der Waals surface area contributed by atoms with Crippen LogP contribution in [0.2, 0.25) is 0 Å². The number of benzene rings is 2. The minimum atomic E-state index is -5.05. The highest BCUT2D eigenvalue weighted by molar-refractivity contribution is 8.13. The number of ether oxygens (including phenoxy) is 2. The van der Waals surface area contributed by atoms with Gasteiger partial charge < -0.3 is 28.6 Å². The monoisotopic (exact) mass is 643 g/mol. The van der Waals surface area contributed by atoms with Crippen molar-refractivity contribution < 1.29 is 46.2 Å². The van der Waals surface area contributed by atoms with Gasteiger partial charge in [-0.05, 0) is 31.8 Å². The SMILES string of the molecule is CCN(CC)CC.O=[N+]([O-])c1cccc(S(=O)(=O)Cl)c1.O=[N+]([O-])c1cccc(S(=O)(O)(O)C[C@@H]2CO2)c1.O[C@@H]1CO1. The topological polar surface area (TPSA) is 226 Å². The summed E-state index contributed by atoms with van der Waals surface area (Å²) < 4.78 is 62.1. The Bertz CT molecular complexity index is 1340. The van der Waals surface area contributed by atoms with E-state index < -0.39 is 46.7 Å². The summed E-state index contributed by atoms with van der Waals surface area (Å²) in [7, 11) is -3.95. The molecule has 0 aliphatic carbocycles. The van der Waals surface area contributed by atoms with Crippen molar-refractivity contribution in [2.24, 2.45) is 0 Å². The average molecular weight is 644 g/mol. The van der Waals surface area contributed by atoms with Crippen LogP contribution in [-0.4, -0.2) is 92.6 Å². The summed E-state index contributed by atoms with van der Waals surface area (Å²) >= 11 is 0. The number of aliphatic hydroxyl groups is 1. The molecule has 0 radical (unpaired) electrons. The van der Waals surface area contributed by atoms with Crippen molar-refractivity contribution in [2.45, 2.75) is 43.0 Å². The van der Waals surface area contributed by atoms with E-state index in [1.54, 1.807) is 0 Å². The second-order valence-electron chi connectivity index (χ2n) is 8.49. The lowest BCUT2D eigenvalue weighted by atomic mass is 10.3. The van der Waals surface area contributed by atoms with Crippen LogP contribution in [0.15, 0.2) is 58.3 Å². The van der Waals surface area contributed by atoms with E-state index >= 15 is 0 Å². The molecular weight excluding hydrogens is 610 g/mol. The van der Waals surface area contributed by atoms with Gasteiger partial charge in [-0.1, -0.05) is 32.9 Å². The zero-order valence-corrected chi connectivity index (χ0v) is 25.0. The summed E-state index contributed by atoms with van der Waals surface area (Å²) in [6.07, 6.45) is -0.885. The standard InChI is InChI=1S/C9H11NO6S.C6H4ClNO4S.C6H15N.C2H4O2/c11-10(12)7-2-1-3-9(4-7)17(13,14,15)6-8-5-16-8;7-13(11,12)6-3-1-2-5(4-6)8(9)10;1-4-7(5-2)6-3;3-2-1-4-2/h1-4,8H,5-6H2,(H2,13,14,15);1-4H;4-6H2,1-3H3;2-3H,1H2/t8-;;;2-/m0..0/s1. The highest BCUT2D eigenvalue weighted by Gasteiger charge is 2.41. The Morgan fingerprint density at radius 2 is 1.39 bits per heavy atom. The molecule has 0 spiro atoms. The molecule has 2 aromatic rings. The molecular formula is C23H34ClN3O12S2. The van der Waals surface area contributed by atoms with Crippen LogP contribution in [0.25, 0.3) is 0 Å². The first-order chi connectivity index (χ1) is 18.9. The van der Waals surface area contributed by atoms with E-state index in [0.29, 0.717) is 13.2 Å². The largest absolute Gasteiger partial charge is 0.372 e. The van der Waals surface area contributed by atoms with Gasteiger partial charge in [-0.3, -0.25) is 20.2 Å². The van der Waals surface area contributed by atoms with Gasteiger partial charge in [0.2, 0.25) is 0 Å². The van der Waals surface area contributed by atoms with Crippen molar-refractivity contribution in [2.75, 3.05) is 38.6 Å². The molecule has 0 amide bonds. The van der Waals surface area contributed by atoms with Gasteiger partial charge in [0.05, 0.1) is 38.1 Å². The fourth-order valence-electron chi connectivity index (χ4n) is 2.91.